The van der Waals surface area contributed by atoms with Crippen molar-refractivity contribution in [2.45, 2.75) is 39.2 Å². The molecule has 0 bridgehead atoms. The highest BCUT2D eigenvalue weighted by Gasteiger charge is 2.32. The molecule has 1 amide bonds. The van der Waals surface area contributed by atoms with Crippen LogP contribution in [0.4, 0.5) is 10.2 Å². The predicted molar refractivity (Wildman–Crippen MR) is 94.0 cm³/mol. The second kappa shape index (κ2) is 5.95. The number of rotatable bonds is 3. The summed E-state index contributed by atoms with van der Waals surface area (Å²) in [5.41, 5.74) is 3.05. The summed E-state index contributed by atoms with van der Waals surface area (Å²) in [5, 5.41) is 8.14. The van der Waals surface area contributed by atoms with Crippen molar-refractivity contribution in [1.82, 2.24) is 14.8 Å². The molecular weight excluding hydrogens is 319 g/mol. The number of para-hydroxylation sites is 1. The number of halogens is 1. The number of aryl methyl sites for hydroxylation is 1. The predicted octanol–water partition coefficient (Wildman–Crippen LogP) is 3.76. The lowest BCUT2D eigenvalue weighted by atomic mass is 9.88. The van der Waals surface area contributed by atoms with Gasteiger partial charge in [-0.3, -0.25) is 9.48 Å². The van der Waals surface area contributed by atoms with Crippen molar-refractivity contribution in [3.05, 3.63) is 53.1 Å². The number of benzene rings is 1. The molecule has 5 nitrogen and oxygen atoms in total. The van der Waals surface area contributed by atoms with Crippen molar-refractivity contribution in [3.63, 3.8) is 0 Å². The highest BCUT2D eigenvalue weighted by atomic mass is 19.1. The van der Waals surface area contributed by atoms with Gasteiger partial charge in [-0.1, -0.05) is 25.1 Å². The normalized spacial score (nSPS) is 16.8. The van der Waals surface area contributed by atoms with Crippen LogP contribution in [0.2, 0.25) is 0 Å². The molecule has 1 N–H and O–H groups in total. The van der Waals surface area contributed by atoms with Crippen LogP contribution in [0.3, 0.4) is 0 Å². The maximum Gasteiger partial charge on any atom is 0.226 e. The zero-order valence-electron chi connectivity index (χ0n) is 14.2. The average molecular weight is 338 g/mol. The first kappa shape index (κ1) is 15.7. The Hall–Kier alpha value is -2.76. The zero-order valence-corrected chi connectivity index (χ0v) is 14.2. The van der Waals surface area contributed by atoms with E-state index in [4.69, 9.17) is 0 Å². The van der Waals surface area contributed by atoms with Gasteiger partial charge in [-0.2, -0.15) is 5.10 Å². The number of nitrogens with one attached hydrogen (secondary N) is 1. The van der Waals surface area contributed by atoms with E-state index in [2.05, 4.69) is 22.3 Å². The second-order valence-electron chi connectivity index (χ2n) is 6.42. The lowest BCUT2D eigenvalue weighted by Crippen LogP contribution is -2.24. The SMILES string of the molecule is CCCn1nc2c(c1C)C(c1ccc3cccc(F)c3n1)CC(=O)N2. The van der Waals surface area contributed by atoms with Crippen LogP contribution in [0, 0.1) is 12.7 Å². The maximum atomic E-state index is 14.1. The first-order valence-electron chi connectivity index (χ1n) is 8.50. The number of hydrogen-bond acceptors (Lipinski definition) is 3. The molecule has 128 valence electrons. The fourth-order valence-electron chi connectivity index (χ4n) is 3.54. The molecular formula is C19H19FN4O. The van der Waals surface area contributed by atoms with Crippen molar-refractivity contribution in [1.29, 1.82) is 0 Å². The Bertz CT molecular complexity index is 979. The van der Waals surface area contributed by atoms with Gasteiger partial charge in [-0.05, 0) is 25.5 Å². The Balaban J connectivity index is 1.86. The summed E-state index contributed by atoms with van der Waals surface area (Å²) in [6.45, 7) is 4.89. The molecule has 1 unspecified atom stereocenters. The zero-order chi connectivity index (χ0) is 17.6. The van der Waals surface area contributed by atoms with Crippen LogP contribution in [0.5, 0.6) is 0 Å². The molecule has 0 spiro atoms. The van der Waals surface area contributed by atoms with Gasteiger partial charge in [0.05, 0.1) is 0 Å². The van der Waals surface area contributed by atoms with Crippen LogP contribution in [0.25, 0.3) is 10.9 Å². The number of carbonyl (C=O) groups excluding carboxylic acids is 1. The lowest BCUT2D eigenvalue weighted by Gasteiger charge is -2.22. The van der Waals surface area contributed by atoms with E-state index in [0.29, 0.717) is 23.4 Å². The summed E-state index contributed by atoms with van der Waals surface area (Å²) in [6.07, 6.45) is 1.25. The fourth-order valence-corrected chi connectivity index (χ4v) is 3.54. The largest absolute Gasteiger partial charge is 0.309 e. The number of pyridine rings is 1. The molecule has 6 heteroatoms. The molecule has 0 aliphatic carbocycles. The van der Waals surface area contributed by atoms with Crippen LogP contribution in [-0.4, -0.2) is 20.7 Å². The van der Waals surface area contributed by atoms with Crippen molar-refractivity contribution in [2.24, 2.45) is 0 Å². The summed E-state index contributed by atoms with van der Waals surface area (Å²) < 4.78 is 16.1. The Morgan fingerprint density at radius 2 is 2.16 bits per heavy atom. The Morgan fingerprint density at radius 1 is 1.32 bits per heavy atom. The Labute approximate surface area is 144 Å². The summed E-state index contributed by atoms with van der Waals surface area (Å²) in [6, 6.07) is 8.65. The summed E-state index contributed by atoms with van der Waals surface area (Å²) >= 11 is 0. The van der Waals surface area contributed by atoms with E-state index in [1.54, 1.807) is 6.07 Å². The highest BCUT2D eigenvalue weighted by molar-refractivity contribution is 5.94. The minimum atomic E-state index is -0.349. The molecule has 1 atom stereocenters. The van der Waals surface area contributed by atoms with E-state index in [0.717, 1.165) is 29.6 Å². The molecule has 0 saturated heterocycles. The molecule has 3 aromatic rings. The number of hydrogen-bond donors (Lipinski definition) is 1. The smallest absolute Gasteiger partial charge is 0.226 e. The molecule has 4 rings (SSSR count). The van der Waals surface area contributed by atoms with E-state index in [-0.39, 0.29) is 17.6 Å². The van der Waals surface area contributed by atoms with E-state index >= 15 is 0 Å². The first-order valence-corrected chi connectivity index (χ1v) is 8.50. The van der Waals surface area contributed by atoms with Gasteiger partial charge in [-0.15, -0.1) is 0 Å². The highest BCUT2D eigenvalue weighted by Crippen LogP contribution is 2.38. The van der Waals surface area contributed by atoms with Crippen molar-refractivity contribution in [2.75, 3.05) is 5.32 Å². The molecule has 1 aliphatic rings. The standard InChI is InChI=1S/C19H19FN4O/c1-3-9-24-11(2)17-13(10-16(25)22-19(17)23-24)15-8-7-12-5-4-6-14(20)18(12)21-15/h4-8,13H,3,9-10H2,1-2H3,(H,22,23,25). The fraction of sp³-hybridized carbons (Fsp3) is 0.316. The number of aromatic nitrogens is 3. The quantitative estimate of drug-likeness (QED) is 0.791. The van der Waals surface area contributed by atoms with Crippen molar-refractivity contribution >= 4 is 22.6 Å². The van der Waals surface area contributed by atoms with Crippen LogP contribution < -0.4 is 5.32 Å². The van der Waals surface area contributed by atoms with Gasteiger partial charge in [0.25, 0.3) is 0 Å². The van der Waals surface area contributed by atoms with E-state index in [9.17, 15) is 9.18 Å². The summed E-state index contributed by atoms with van der Waals surface area (Å²) in [5.74, 6) is -0.0479. The minimum Gasteiger partial charge on any atom is -0.309 e. The van der Waals surface area contributed by atoms with E-state index < -0.39 is 0 Å². The maximum absolute atomic E-state index is 14.1. The molecule has 0 radical (unpaired) electrons. The third-order valence-corrected chi connectivity index (χ3v) is 4.73. The Morgan fingerprint density at radius 3 is 2.96 bits per heavy atom. The van der Waals surface area contributed by atoms with Crippen LogP contribution in [-0.2, 0) is 11.3 Å². The van der Waals surface area contributed by atoms with Gasteiger partial charge in [0.15, 0.2) is 5.82 Å². The topological polar surface area (TPSA) is 59.8 Å². The molecule has 2 aromatic heterocycles. The number of anilines is 1. The molecule has 1 aliphatic heterocycles. The van der Waals surface area contributed by atoms with Gasteiger partial charge in [0.1, 0.15) is 11.3 Å². The Kier molecular flexibility index (Phi) is 3.75. The third kappa shape index (κ3) is 2.58. The number of carbonyl (C=O) groups is 1. The van der Waals surface area contributed by atoms with Crippen molar-refractivity contribution < 1.29 is 9.18 Å². The summed E-state index contributed by atoms with van der Waals surface area (Å²) in [4.78, 5) is 16.7. The number of fused-ring (bicyclic) bond motifs is 2. The first-order chi connectivity index (χ1) is 12.1. The minimum absolute atomic E-state index is 0.0888. The molecule has 3 heterocycles. The van der Waals surface area contributed by atoms with Gasteiger partial charge < -0.3 is 5.32 Å². The average Bonchev–Trinajstić information content (AvgIpc) is 2.90. The van der Waals surface area contributed by atoms with Gasteiger partial charge in [-0.25, -0.2) is 9.37 Å². The van der Waals surface area contributed by atoms with Crippen LogP contribution in [0.15, 0.2) is 30.3 Å². The van der Waals surface area contributed by atoms with E-state index in [1.165, 1.54) is 6.07 Å². The molecule has 25 heavy (non-hydrogen) atoms. The molecule has 0 saturated carbocycles. The third-order valence-electron chi connectivity index (χ3n) is 4.73. The second-order valence-corrected chi connectivity index (χ2v) is 6.42. The molecule has 1 aromatic carbocycles. The number of nitrogens with zero attached hydrogens (tertiary/aromatic N) is 3. The summed E-state index contributed by atoms with van der Waals surface area (Å²) in [7, 11) is 0. The van der Waals surface area contributed by atoms with Crippen LogP contribution >= 0.6 is 0 Å². The van der Waals surface area contributed by atoms with Crippen molar-refractivity contribution in [3.8, 4) is 0 Å². The van der Waals surface area contributed by atoms with Crippen LogP contribution in [0.1, 0.15) is 42.6 Å². The van der Waals surface area contributed by atoms with Gasteiger partial charge in [0, 0.05) is 41.2 Å². The lowest BCUT2D eigenvalue weighted by molar-refractivity contribution is -0.116. The van der Waals surface area contributed by atoms with Gasteiger partial charge >= 0.3 is 0 Å². The molecule has 0 fully saturated rings. The number of amides is 1. The van der Waals surface area contributed by atoms with Gasteiger partial charge in [0.2, 0.25) is 5.91 Å². The van der Waals surface area contributed by atoms with E-state index in [1.807, 2.05) is 29.8 Å². The monoisotopic (exact) mass is 338 g/mol.